The van der Waals surface area contributed by atoms with E-state index in [0.717, 1.165) is 12.0 Å². The van der Waals surface area contributed by atoms with E-state index in [4.69, 9.17) is 5.73 Å². The molecule has 2 unspecified atom stereocenters. The fourth-order valence-electron chi connectivity index (χ4n) is 2.57. The molecule has 108 valence electrons. The Labute approximate surface area is 119 Å². The summed E-state index contributed by atoms with van der Waals surface area (Å²) >= 11 is 0. The van der Waals surface area contributed by atoms with Crippen molar-refractivity contribution in [1.82, 2.24) is 10.2 Å². The molecule has 1 saturated heterocycles. The first-order valence-electron chi connectivity index (χ1n) is 6.90. The Hall–Kier alpha value is -1.72. The third-order valence-electron chi connectivity index (χ3n) is 3.66. The summed E-state index contributed by atoms with van der Waals surface area (Å²) in [6.45, 7) is 4.45. The van der Waals surface area contributed by atoms with Crippen molar-refractivity contribution in [2.45, 2.75) is 32.4 Å². The first kappa shape index (κ1) is 14.7. The van der Waals surface area contributed by atoms with E-state index in [0.29, 0.717) is 0 Å². The molecule has 2 rings (SSSR count). The highest BCUT2D eigenvalue weighted by Gasteiger charge is 2.32. The topological polar surface area (TPSA) is 75.4 Å². The second-order valence-corrected chi connectivity index (χ2v) is 5.30. The Kier molecular flexibility index (Phi) is 4.52. The van der Waals surface area contributed by atoms with Gasteiger partial charge in [0.2, 0.25) is 11.8 Å². The number of hydrogen-bond donors (Lipinski definition) is 2. The lowest BCUT2D eigenvalue weighted by molar-refractivity contribution is -0.137. The summed E-state index contributed by atoms with van der Waals surface area (Å²) in [6.07, 6.45) is 0.783. The first-order valence-corrected chi connectivity index (χ1v) is 6.90. The van der Waals surface area contributed by atoms with E-state index < -0.39 is 0 Å². The fourth-order valence-corrected chi connectivity index (χ4v) is 2.57. The van der Waals surface area contributed by atoms with Crippen molar-refractivity contribution in [1.29, 1.82) is 0 Å². The highest BCUT2D eigenvalue weighted by atomic mass is 16.2. The van der Waals surface area contributed by atoms with Crippen molar-refractivity contribution in [3.8, 4) is 0 Å². The molecule has 5 heteroatoms. The van der Waals surface area contributed by atoms with Gasteiger partial charge in [0, 0.05) is 6.04 Å². The molecule has 1 aliphatic rings. The van der Waals surface area contributed by atoms with Gasteiger partial charge in [-0.1, -0.05) is 36.8 Å². The van der Waals surface area contributed by atoms with Crippen molar-refractivity contribution in [2.24, 2.45) is 5.73 Å². The number of aryl methyl sites for hydroxylation is 1. The molecule has 0 aromatic heterocycles. The normalized spacial score (nSPS) is 19.6. The highest BCUT2D eigenvalue weighted by Crippen LogP contribution is 2.26. The van der Waals surface area contributed by atoms with Crippen LogP contribution in [0.1, 0.15) is 30.5 Å². The molecule has 2 amide bonds. The maximum atomic E-state index is 11.6. The second-order valence-electron chi connectivity index (χ2n) is 5.30. The molecule has 1 aromatic rings. The molecule has 0 saturated carbocycles. The number of nitrogens with one attached hydrogen (secondary N) is 1. The smallest absolute Gasteiger partial charge is 0.240 e. The number of nitrogens with zero attached hydrogens (tertiary/aromatic N) is 1. The van der Waals surface area contributed by atoms with Gasteiger partial charge in [-0.05, 0) is 18.9 Å². The van der Waals surface area contributed by atoms with Gasteiger partial charge in [0.1, 0.15) is 0 Å². The number of carbonyl (C=O) groups is 2. The maximum absolute atomic E-state index is 11.6. The Balaban J connectivity index is 2.29. The van der Waals surface area contributed by atoms with Gasteiger partial charge in [-0.3, -0.25) is 19.8 Å². The number of carbonyl (C=O) groups excluding carboxylic acids is 2. The van der Waals surface area contributed by atoms with Crippen molar-refractivity contribution in [3.05, 3.63) is 35.4 Å². The Morgan fingerprint density at radius 1 is 1.20 bits per heavy atom. The standard InChI is InChI=1S/C15H21N3O2/c1-3-12(16)15(11-6-4-10(2)5-7-11)18-8-13(19)17-14(20)9-18/h4-7,12,15H,3,8-9,16H2,1-2H3,(H,17,19,20). The van der Waals surface area contributed by atoms with Crippen molar-refractivity contribution < 1.29 is 9.59 Å². The first-order chi connectivity index (χ1) is 9.51. The number of benzene rings is 1. The molecule has 20 heavy (non-hydrogen) atoms. The fraction of sp³-hybridized carbons (Fsp3) is 0.467. The van der Waals surface area contributed by atoms with Gasteiger partial charge in [-0.2, -0.15) is 0 Å². The molecule has 5 nitrogen and oxygen atoms in total. The van der Waals surface area contributed by atoms with Crippen LogP contribution in [0.4, 0.5) is 0 Å². The molecule has 0 spiro atoms. The Bertz CT molecular complexity index is 482. The van der Waals surface area contributed by atoms with Crippen LogP contribution in [0.25, 0.3) is 0 Å². The van der Waals surface area contributed by atoms with Gasteiger partial charge in [-0.15, -0.1) is 0 Å². The summed E-state index contributed by atoms with van der Waals surface area (Å²) < 4.78 is 0. The van der Waals surface area contributed by atoms with Crippen LogP contribution in [0.3, 0.4) is 0 Å². The molecule has 1 fully saturated rings. The van der Waals surface area contributed by atoms with Crippen molar-refractivity contribution in [3.63, 3.8) is 0 Å². The average molecular weight is 275 g/mol. The summed E-state index contributed by atoms with van der Waals surface area (Å²) in [5.74, 6) is -0.525. The number of amides is 2. The summed E-state index contributed by atoms with van der Waals surface area (Å²) in [6, 6.07) is 7.86. The minimum absolute atomic E-state index is 0.114. The van der Waals surface area contributed by atoms with Crippen LogP contribution in [0.15, 0.2) is 24.3 Å². The Morgan fingerprint density at radius 3 is 2.25 bits per heavy atom. The maximum Gasteiger partial charge on any atom is 0.240 e. The van der Waals surface area contributed by atoms with Gasteiger partial charge < -0.3 is 5.73 Å². The van der Waals surface area contributed by atoms with Gasteiger partial charge >= 0.3 is 0 Å². The van der Waals surface area contributed by atoms with E-state index in [-0.39, 0.29) is 37.0 Å². The van der Waals surface area contributed by atoms with Crippen LogP contribution in [0, 0.1) is 6.92 Å². The molecule has 0 bridgehead atoms. The predicted octanol–water partition coefficient (Wildman–Crippen LogP) is 0.732. The van der Waals surface area contributed by atoms with Gasteiger partial charge in [0.25, 0.3) is 0 Å². The summed E-state index contributed by atoms with van der Waals surface area (Å²) in [5.41, 5.74) is 8.44. The third-order valence-corrected chi connectivity index (χ3v) is 3.66. The monoisotopic (exact) mass is 275 g/mol. The molecular formula is C15H21N3O2. The van der Waals surface area contributed by atoms with Crippen LogP contribution in [0.5, 0.6) is 0 Å². The molecule has 3 N–H and O–H groups in total. The van der Waals surface area contributed by atoms with Gasteiger partial charge in [0.15, 0.2) is 0 Å². The SMILES string of the molecule is CCC(N)C(c1ccc(C)cc1)N1CC(=O)NC(=O)C1. The van der Waals surface area contributed by atoms with Crippen molar-refractivity contribution >= 4 is 11.8 Å². The Morgan fingerprint density at radius 2 is 1.75 bits per heavy atom. The van der Waals surface area contributed by atoms with Gasteiger partial charge in [-0.25, -0.2) is 0 Å². The molecule has 1 aliphatic heterocycles. The zero-order chi connectivity index (χ0) is 14.7. The number of piperazine rings is 1. The lowest BCUT2D eigenvalue weighted by atomic mass is 9.95. The number of imide groups is 1. The van der Waals surface area contributed by atoms with E-state index >= 15 is 0 Å². The summed E-state index contributed by atoms with van der Waals surface area (Å²) in [7, 11) is 0. The lowest BCUT2D eigenvalue weighted by Gasteiger charge is -2.36. The van der Waals surface area contributed by atoms with E-state index in [9.17, 15) is 9.59 Å². The molecular weight excluding hydrogens is 254 g/mol. The average Bonchev–Trinajstić information content (AvgIpc) is 2.40. The van der Waals surface area contributed by atoms with E-state index in [1.807, 2.05) is 43.0 Å². The highest BCUT2D eigenvalue weighted by molar-refractivity contribution is 5.99. The second kappa shape index (κ2) is 6.15. The molecule has 2 atom stereocenters. The van der Waals surface area contributed by atoms with Crippen LogP contribution >= 0.6 is 0 Å². The molecule has 1 aromatic carbocycles. The summed E-state index contributed by atoms with van der Waals surface area (Å²) in [4.78, 5) is 25.0. The van der Waals surface area contributed by atoms with E-state index in [2.05, 4.69) is 5.32 Å². The van der Waals surface area contributed by atoms with Crippen LogP contribution in [-0.4, -0.2) is 35.8 Å². The van der Waals surface area contributed by atoms with Gasteiger partial charge in [0.05, 0.1) is 19.1 Å². The van der Waals surface area contributed by atoms with E-state index in [1.165, 1.54) is 5.56 Å². The zero-order valence-corrected chi connectivity index (χ0v) is 11.9. The zero-order valence-electron chi connectivity index (χ0n) is 11.9. The third kappa shape index (κ3) is 3.23. The van der Waals surface area contributed by atoms with Crippen LogP contribution < -0.4 is 11.1 Å². The quantitative estimate of drug-likeness (QED) is 0.794. The van der Waals surface area contributed by atoms with E-state index in [1.54, 1.807) is 0 Å². The summed E-state index contributed by atoms with van der Waals surface area (Å²) in [5, 5.41) is 2.32. The number of rotatable bonds is 4. The molecule has 1 heterocycles. The predicted molar refractivity (Wildman–Crippen MR) is 76.9 cm³/mol. The van der Waals surface area contributed by atoms with Crippen LogP contribution in [-0.2, 0) is 9.59 Å². The molecule has 0 aliphatic carbocycles. The van der Waals surface area contributed by atoms with Crippen molar-refractivity contribution in [2.75, 3.05) is 13.1 Å². The minimum Gasteiger partial charge on any atom is -0.326 e. The largest absolute Gasteiger partial charge is 0.326 e. The lowest BCUT2D eigenvalue weighted by Crippen LogP contribution is -2.55. The number of nitrogens with two attached hydrogens (primary N) is 1. The van der Waals surface area contributed by atoms with Crippen LogP contribution in [0.2, 0.25) is 0 Å². The number of hydrogen-bond acceptors (Lipinski definition) is 4. The molecule has 0 radical (unpaired) electrons. The minimum atomic E-state index is -0.262.